The number of hydrogen-bond donors (Lipinski definition) is 1. The number of H-pyrrole nitrogens is 1. The zero-order valence-corrected chi connectivity index (χ0v) is 15.5. The molecule has 0 amide bonds. The van der Waals surface area contributed by atoms with Gasteiger partial charge in [-0.3, -0.25) is 0 Å². The van der Waals surface area contributed by atoms with Crippen molar-refractivity contribution in [1.29, 1.82) is 0 Å². The van der Waals surface area contributed by atoms with Gasteiger partial charge in [0.25, 0.3) is 0 Å². The second-order valence-electron chi connectivity index (χ2n) is 6.34. The number of rotatable bonds is 2. The molecule has 5 rings (SSSR count). The van der Waals surface area contributed by atoms with E-state index in [2.05, 4.69) is 84.7 Å². The fourth-order valence-corrected chi connectivity index (χ4v) is 6.35. The molecule has 3 aromatic carbocycles. The van der Waals surface area contributed by atoms with Crippen LogP contribution in [0.4, 0.5) is 0 Å². The predicted octanol–water partition coefficient (Wildman–Crippen LogP) is 7.04. The lowest BCUT2D eigenvalue weighted by Gasteiger charge is -2.11. The lowest BCUT2D eigenvalue weighted by atomic mass is 10.1. The van der Waals surface area contributed by atoms with Crippen molar-refractivity contribution in [3.63, 3.8) is 0 Å². The molecule has 0 fully saturated rings. The number of thioether (sulfide) groups is 2. The molecule has 25 heavy (non-hydrogen) atoms. The highest BCUT2D eigenvalue weighted by atomic mass is 32.2. The van der Waals surface area contributed by atoms with E-state index in [0.29, 0.717) is 4.58 Å². The predicted molar refractivity (Wildman–Crippen MR) is 109 cm³/mol. The molecule has 1 aliphatic heterocycles. The number of aromatic nitrogens is 1. The highest BCUT2D eigenvalue weighted by Gasteiger charge is 2.29. The molecule has 0 radical (unpaired) electrons. The summed E-state index contributed by atoms with van der Waals surface area (Å²) in [6, 6.07) is 26.2. The lowest BCUT2D eigenvalue weighted by Crippen LogP contribution is -1.89. The molecule has 0 saturated carbocycles. The van der Waals surface area contributed by atoms with E-state index in [1.165, 1.54) is 43.1 Å². The van der Waals surface area contributed by atoms with Crippen LogP contribution < -0.4 is 0 Å². The molecule has 4 aromatic rings. The van der Waals surface area contributed by atoms with Crippen molar-refractivity contribution >= 4 is 34.4 Å². The maximum atomic E-state index is 3.68. The van der Waals surface area contributed by atoms with E-state index in [-0.39, 0.29) is 0 Å². The molecule has 0 spiro atoms. The molecule has 1 N–H and O–H groups in total. The minimum Gasteiger partial charge on any atom is -0.354 e. The Morgan fingerprint density at radius 2 is 1.40 bits per heavy atom. The summed E-state index contributed by atoms with van der Waals surface area (Å²) in [7, 11) is 0. The first-order valence-corrected chi connectivity index (χ1v) is 10.2. The molecule has 1 nitrogen and oxygen atoms in total. The summed E-state index contributed by atoms with van der Waals surface area (Å²) >= 11 is 3.93. The summed E-state index contributed by atoms with van der Waals surface area (Å²) in [5, 5.41) is 1.33. The summed E-state index contributed by atoms with van der Waals surface area (Å²) in [6.07, 6.45) is 0. The molecule has 1 aliphatic rings. The average Bonchev–Trinajstić information content (AvgIpc) is 3.23. The minimum atomic E-state index is 0.379. The van der Waals surface area contributed by atoms with E-state index in [9.17, 15) is 0 Å². The van der Waals surface area contributed by atoms with Crippen LogP contribution in [0.2, 0.25) is 0 Å². The van der Waals surface area contributed by atoms with Crippen LogP contribution >= 0.6 is 23.5 Å². The third kappa shape index (κ3) is 2.59. The Morgan fingerprint density at radius 1 is 0.760 bits per heavy atom. The van der Waals surface area contributed by atoms with E-state index in [0.717, 1.165) is 0 Å². The first-order chi connectivity index (χ1) is 12.3. The molecule has 3 heteroatoms. The van der Waals surface area contributed by atoms with Crippen molar-refractivity contribution in [3.05, 3.63) is 83.9 Å². The van der Waals surface area contributed by atoms with Crippen molar-refractivity contribution in [2.75, 3.05) is 0 Å². The first-order valence-electron chi connectivity index (χ1n) is 8.39. The molecular formula is C22H17NS2. The Kier molecular flexibility index (Phi) is 3.65. The fraction of sp³-hybridized carbons (Fsp3) is 0.0909. The van der Waals surface area contributed by atoms with Gasteiger partial charge in [0, 0.05) is 26.3 Å². The quantitative estimate of drug-likeness (QED) is 0.413. The summed E-state index contributed by atoms with van der Waals surface area (Å²) < 4.78 is 0.379. The van der Waals surface area contributed by atoms with Gasteiger partial charge in [0.1, 0.15) is 0 Å². The van der Waals surface area contributed by atoms with Gasteiger partial charge in [0.05, 0.1) is 10.3 Å². The Labute approximate surface area is 155 Å². The maximum absolute atomic E-state index is 3.68. The molecule has 1 aromatic heterocycles. The van der Waals surface area contributed by atoms with E-state index in [1.54, 1.807) is 0 Å². The lowest BCUT2D eigenvalue weighted by molar-refractivity contribution is 1.27. The molecule has 122 valence electrons. The van der Waals surface area contributed by atoms with Crippen LogP contribution in [-0.2, 0) is 0 Å². The van der Waals surface area contributed by atoms with Crippen LogP contribution in [0.3, 0.4) is 0 Å². The van der Waals surface area contributed by atoms with Crippen molar-refractivity contribution < 1.29 is 0 Å². The van der Waals surface area contributed by atoms with Gasteiger partial charge in [-0.25, -0.2) is 0 Å². The molecular weight excluding hydrogens is 342 g/mol. The topological polar surface area (TPSA) is 15.8 Å². The molecule has 0 atom stereocenters. The Morgan fingerprint density at radius 3 is 2.12 bits per heavy atom. The van der Waals surface area contributed by atoms with Crippen molar-refractivity contribution in [2.45, 2.75) is 21.3 Å². The molecule has 0 unspecified atom stereocenters. The highest BCUT2D eigenvalue weighted by Crippen LogP contribution is 2.59. The monoisotopic (exact) mass is 359 g/mol. The van der Waals surface area contributed by atoms with Crippen molar-refractivity contribution in [3.8, 4) is 11.3 Å². The summed E-state index contributed by atoms with van der Waals surface area (Å²) in [6.45, 7) is 2.13. The number of nitrogens with one attached hydrogen (secondary N) is 1. The van der Waals surface area contributed by atoms with Gasteiger partial charge in [-0.05, 0) is 30.7 Å². The third-order valence-corrected chi connectivity index (χ3v) is 7.47. The van der Waals surface area contributed by atoms with E-state index in [1.807, 2.05) is 23.5 Å². The van der Waals surface area contributed by atoms with Crippen LogP contribution in [0.1, 0.15) is 15.7 Å². The molecule has 0 saturated heterocycles. The Bertz CT molecular complexity index is 1040. The van der Waals surface area contributed by atoms with Crippen LogP contribution in [0.15, 0.2) is 82.6 Å². The fourth-order valence-electron chi connectivity index (χ4n) is 3.37. The van der Waals surface area contributed by atoms with Crippen LogP contribution in [-0.4, -0.2) is 4.98 Å². The van der Waals surface area contributed by atoms with Gasteiger partial charge in [-0.2, -0.15) is 0 Å². The van der Waals surface area contributed by atoms with E-state index in [4.69, 9.17) is 0 Å². The molecule has 0 aliphatic carbocycles. The van der Waals surface area contributed by atoms with Crippen molar-refractivity contribution in [1.82, 2.24) is 4.98 Å². The molecule has 0 bridgehead atoms. The smallest absolute Gasteiger partial charge is 0.0873 e. The first kappa shape index (κ1) is 15.2. The van der Waals surface area contributed by atoms with Crippen LogP contribution in [0.25, 0.3) is 22.2 Å². The van der Waals surface area contributed by atoms with Gasteiger partial charge in [0.2, 0.25) is 0 Å². The normalized spacial score (nSPS) is 14.1. The average molecular weight is 360 g/mol. The zero-order valence-electron chi connectivity index (χ0n) is 13.8. The zero-order chi connectivity index (χ0) is 16.8. The number of fused-ring (bicyclic) bond motifs is 2. The van der Waals surface area contributed by atoms with Gasteiger partial charge in [-0.15, -0.1) is 23.5 Å². The van der Waals surface area contributed by atoms with E-state index >= 15 is 0 Å². The van der Waals surface area contributed by atoms with Gasteiger partial charge in [0.15, 0.2) is 0 Å². The van der Waals surface area contributed by atoms with Gasteiger partial charge in [-0.1, -0.05) is 60.2 Å². The number of aryl methyl sites for hydroxylation is 1. The number of aromatic amines is 1. The summed E-state index contributed by atoms with van der Waals surface area (Å²) in [5.74, 6) is 0. The molecule has 2 heterocycles. The maximum Gasteiger partial charge on any atom is 0.0873 e. The van der Waals surface area contributed by atoms with Gasteiger partial charge < -0.3 is 4.98 Å². The third-order valence-electron chi connectivity index (χ3n) is 4.64. The Hall–Kier alpha value is -2.10. The van der Waals surface area contributed by atoms with Gasteiger partial charge >= 0.3 is 0 Å². The largest absolute Gasteiger partial charge is 0.354 e. The SMILES string of the molecule is Cc1ccc(-c2[nH]c3ccccc3c2C2Sc3ccccc3S2)cc1. The second kappa shape index (κ2) is 6.01. The Balaban J connectivity index is 1.69. The highest BCUT2D eigenvalue weighted by molar-refractivity contribution is 8.19. The standard InChI is InChI=1S/C22H17NS2/c1-14-10-12-15(13-11-14)21-20(16-6-2-3-7-17(16)23-21)22-24-18-8-4-5-9-19(18)25-22/h2-13,22-23H,1H3. The summed E-state index contributed by atoms with van der Waals surface area (Å²) in [5.41, 5.74) is 6.42. The number of benzene rings is 3. The number of para-hydroxylation sites is 1. The summed E-state index contributed by atoms with van der Waals surface area (Å²) in [4.78, 5) is 6.45. The van der Waals surface area contributed by atoms with Crippen LogP contribution in [0.5, 0.6) is 0 Å². The number of hydrogen-bond acceptors (Lipinski definition) is 2. The van der Waals surface area contributed by atoms with Crippen molar-refractivity contribution in [2.24, 2.45) is 0 Å². The van der Waals surface area contributed by atoms with Crippen LogP contribution in [0, 0.1) is 6.92 Å². The second-order valence-corrected chi connectivity index (χ2v) is 8.93. The van der Waals surface area contributed by atoms with E-state index < -0.39 is 0 Å². The minimum absolute atomic E-state index is 0.379.